The second kappa shape index (κ2) is 4.88. The van der Waals surface area contributed by atoms with Gasteiger partial charge in [-0.3, -0.25) is 0 Å². The third-order valence-electron chi connectivity index (χ3n) is 1.97. The van der Waals surface area contributed by atoms with E-state index < -0.39 is 12.2 Å². The molecule has 1 aromatic heterocycles. The molecule has 17 heavy (non-hydrogen) atoms. The first-order chi connectivity index (χ1) is 7.89. The van der Waals surface area contributed by atoms with Gasteiger partial charge in [-0.1, -0.05) is 0 Å². The third kappa shape index (κ3) is 3.22. The standard InChI is InChI=1S/C9H9F3N4O/c10-9(11,12)17-8-7(15)6(1-2-13)5(3-14)4-16-8/h4H,1,3,14-15H2. The van der Waals surface area contributed by atoms with E-state index in [-0.39, 0.29) is 24.2 Å². The van der Waals surface area contributed by atoms with Gasteiger partial charge in [0.15, 0.2) is 0 Å². The van der Waals surface area contributed by atoms with Crippen molar-refractivity contribution in [1.82, 2.24) is 4.98 Å². The first-order valence-corrected chi connectivity index (χ1v) is 4.48. The van der Waals surface area contributed by atoms with Gasteiger partial charge in [-0.15, -0.1) is 13.2 Å². The molecule has 1 rings (SSSR count). The summed E-state index contributed by atoms with van der Waals surface area (Å²) in [5, 5.41) is 8.56. The van der Waals surface area contributed by atoms with Crippen LogP contribution in [0.2, 0.25) is 0 Å². The fraction of sp³-hybridized carbons (Fsp3) is 0.333. The highest BCUT2D eigenvalue weighted by molar-refractivity contribution is 5.58. The molecule has 0 bridgehead atoms. The number of rotatable bonds is 3. The summed E-state index contributed by atoms with van der Waals surface area (Å²) in [6.07, 6.45) is -3.92. The van der Waals surface area contributed by atoms with Crippen molar-refractivity contribution in [3.8, 4) is 11.9 Å². The average molecular weight is 246 g/mol. The molecule has 0 radical (unpaired) electrons. The number of anilines is 1. The lowest BCUT2D eigenvalue weighted by Gasteiger charge is -2.13. The summed E-state index contributed by atoms with van der Waals surface area (Å²) in [6, 6.07) is 1.79. The summed E-state index contributed by atoms with van der Waals surface area (Å²) in [6.45, 7) is 0.0283. The van der Waals surface area contributed by atoms with Gasteiger partial charge in [-0.25, -0.2) is 4.98 Å². The van der Waals surface area contributed by atoms with Crippen LogP contribution in [-0.2, 0) is 13.0 Å². The van der Waals surface area contributed by atoms with Crippen molar-refractivity contribution >= 4 is 5.69 Å². The molecule has 0 spiro atoms. The zero-order valence-corrected chi connectivity index (χ0v) is 8.58. The molecule has 0 unspecified atom stereocenters. The van der Waals surface area contributed by atoms with Crippen LogP contribution in [0.5, 0.6) is 5.88 Å². The number of halogens is 3. The topological polar surface area (TPSA) is 98.0 Å². The molecule has 0 aliphatic heterocycles. The molecular weight excluding hydrogens is 237 g/mol. The Balaban J connectivity index is 3.19. The zero-order chi connectivity index (χ0) is 13.1. The molecule has 4 N–H and O–H groups in total. The van der Waals surface area contributed by atoms with Crippen molar-refractivity contribution < 1.29 is 17.9 Å². The molecule has 8 heteroatoms. The summed E-state index contributed by atoms with van der Waals surface area (Å²) < 4.78 is 39.7. The molecule has 1 aromatic rings. The Kier molecular flexibility index (Phi) is 3.75. The zero-order valence-electron chi connectivity index (χ0n) is 8.58. The van der Waals surface area contributed by atoms with Crippen molar-refractivity contribution in [2.45, 2.75) is 19.3 Å². The normalized spacial score (nSPS) is 11.0. The molecule has 0 aliphatic rings. The quantitative estimate of drug-likeness (QED) is 0.831. The van der Waals surface area contributed by atoms with Crippen LogP contribution in [0, 0.1) is 11.3 Å². The smallest absolute Gasteiger partial charge is 0.394 e. The second-order valence-electron chi connectivity index (χ2n) is 3.07. The van der Waals surface area contributed by atoms with Crippen LogP contribution in [-0.4, -0.2) is 11.3 Å². The molecule has 0 amide bonds. The molecular formula is C9H9F3N4O. The van der Waals surface area contributed by atoms with Crippen LogP contribution in [0.15, 0.2) is 6.20 Å². The molecule has 0 aliphatic carbocycles. The maximum absolute atomic E-state index is 12.0. The van der Waals surface area contributed by atoms with Gasteiger partial charge in [0.25, 0.3) is 0 Å². The second-order valence-corrected chi connectivity index (χ2v) is 3.07. The largest absolute Gasteiger partial charge is 0.574 e. The van der Waals surface area contributed by atoms with Crippen LogP contribution in [0.3, 0.4) is 0 Å². The van der Waals surface area contributed by atoms with Gasteiger partial charge in [-0.2, -0.15) is 5.26 Å². The molecule has 0 fully saturated rings. The maximum atomic E-state index is 12.0. The highest BCUT2D eigenvalue weighted by Crippen LogP contribution is 2.30. The van der Waals surface area contributed by atoms with Crippen LogP contribution in [0.4, 0.5) is 18.9 Å². The van der Waals surface area contributed by atoms with Crippen LogP contribution in [0.1, 0.15) is 11.1 Å². The van der Waals surface area contributed by atoms with E-state index in [2.05, 4.69) is 9.72 Å². The molecule has 0 saturated carbocycles. The molecule has 0 atom stereocenters. The lowest BCUT2D eigenvalue weighted by atomic mass is 10.1. The van der Waals surface area contributed by atoms with Gasteiger partial charge in [0.05, 0.1) is 18.2 Å². The van der Waals surface area contributed by atoms with E-state index in [1.807, 2.05) is 0 Å². The van der Waals surface area contributed by atoms with Gasteiger partial charge in [0.2, 0.25) is 5.88 Å². The summed E-state index contributed by atoms with van der Waals surface area (Å²) in [5.74, 6) is -0.764. The number of nitrogens with two attached hydrogens (primary N) is 2. The van der Waals surface area contributed by atoms with E-state index >= 15 is 0 Å². The highest BCUT2D eigenvalue weighted by atomic mass is 19.4. The van der Waals surface area contributed by atoms with E-state index in [0.29, 0.717) is 5.56 Å². The number of hydrogen-bond donors (Lipinski definition) is 2. The monoisotopic (exact) mass is 246 g/mol. The van der Waals surface area contributed by atoms with E-state index in [1.165, 1.54) is 0 Å². The van der Waals surface area contributed by atoms with Crippen LogP contribution < -0.4 is 16.2 Å². The summed E-state index contributed by atoms with van der Waals surface area (Å²) >= 11 is 0. The highest BCUT2D eigenvalue weighted by Gasteiger charge is 2.33. The maximum Gasteiger partial charge on any atom is 0.574 e. The first kappa shape index (κ1) is 13.1. The van der Waals surface area contributed by atoms with E-state index in [4.69, 9.17) is 16.7 Å². The number of ether oxygens (including phenoxy) is 1. The van der Waals surface area contributed by atoms with Crippen molar-refractivity contribution in [1.29, 1.82) is 5.26 Å². The number of alkyl halides is 3. The Bertz CT molecular complexity index is 453. The predicted octanol–water partition coefficient (Wildman–Crippen LogP) is 1.09. The Hall–Kier alpha value is -2.01. The predicted molar refractivity (Wildman–Crippen MR) is 52.5 cm³/mol. The third-order valence-corrected chi connectivity index (χ3v) is 1.97. The number of nitrogens with zero attached hydrogens (tertiary/aromatic N) is 2. The Morgan fingerprint density at radius 2 is 2.12 bits per heavy atom. The summed E-state index contributed by atoms with van der Waals surface area (Å²) in [5.41, 5.74) is 11.1. The molecule has 0 saturated heterocycles. The van der Waals surface area contributed by atoms with Crippen molar-refractivity contribution in [3.05, 3.63) is 17.3 Å². The minimum atomic E-state index is -4.88. The van der Waals surface area contributed by atoms with Gasteiger partial charge >= 0.3 is 6.36 Å². The van der Waals surface area contributed by atoms with Gasteiger partial charge in [-0.05, 0) is 5.56 Å². The van der Waals surface area contributed by atoms with Gasteiger partial charge in [0.1, 0.15) is 0 Å². The lowest BCUT2D eigenvalue weighted by Crippen LogP contribution is -2.20. The summed E-state index contributed by atoms with van der Waals surface area (Å²) in [7, 11) is 0. The van der Waals surface area contributed by atoms with Crippen molar-refractivity contribution in [2.75, 3.05) is 5.73 Å². The Labute approximate surface area is 94.8 Å². The van der Waals surface area contributed by atoms with E-state index in [9.17, 15) is 13.2 Å². The molecule has 0 aromatic carbocycles. The minimum Gasteiger partial charge on any atom is -0.394 e. The van der Waals surface area contributed by atoms with E-state index in [0.717, 1.165) is 6.20 Å². The van der Waals surface area contributed by atoms with E-state index in [1.54, 1.807) is 6.07 Å². The number of nitriles is 1. The molecule has 92 valence electrons. The number of nitrogen functional groups attached to an aromatic ring is 1. The Morgan fingerprint density at radius 3 is 2.59 bits per heavy atom. The number of pyridine rings is 1. The fourth-order valence-corrected chi connectivity index (χ4v) is 1.24. The van der Waals surface area contributed by atoms with Crippen molar-refractivity contribution in [3.63, 3.8) is 0 Å². The lowest BCUT2D eigenvalue weighted by molar-refractivity contribution is -0.275. The fourth-order valence-electron chi connectivity index (χ4n) is 1.24. The average Bonchev–Trinajstić information content (AvgIpc) is 2.23. The van der Waals surface area contributed by atoms with Gasteiger partial charge in [0, 0.05) is 18.3 Å². The Morgan fingerprint density at radius 1 is 1.47 bits per heavy atom. The van der Waals surface area contributed by atoms with Crippen LogP contribution in [0.25, 0.3) is 0 Å². The summed E-state index contributed by atoms with van der Waals surface area (Å²) in [4.78, 5) is 3.42. The molecule has 1 heterocycles. The first-order valence-electron chi connectivity index (χ1n) is 4.48. The number of aromatic nitrogens is 1. The number of hydrogen-bond acceptors (Lipinski definition) is 5. The van der Waals surface area contributed by atoms with Crippen molar-refractivity contribution in [2.24, 2.45) is 5.73 Å². The van der Waals surface area contributed by atoms with Gasteiger partial charge < -0.3 is 16.2 Å². The molecule has 5 nitrogen and oxygen atoms in total. The minimum absolute atomic E-state index is 0.0283. The van der Waals surface area contributed by atoms with Crippen LogP contribution >= 0.6 is 0 Å². The SMILES string of the molecule is N#CCc1c(CN)cnc(OC(F)(F)F)c1N.